The van der Waals surface area contributed by atoms with Gasteiger partial charge in [-0.15, -0.1) is 0 Å². The minimum Gasteiger partial charge on any atom is -0.368 e. The summed E-state index contributed by atoms with van der Waals surface area (Å²) >= 11 is 0. The molecule has 0 bridgehead atoms. The molecule has 3 aromatic rings. The van der Waals surface area contributed by atoms with Gasteiger partial charge in [-0.05, 0) is 60.7 Å². The largest absolute Gasteiger partial charge is 0.368 e. The quantitative estimate of drug-likeness (QED) is 0.486. The average Bonchev–Trinajstić information content (AvgIpc) is 2.88. The SMILES string of the molecule is Cc1ccccc1C(CC(C)C)C(=O)N1CCN(c2ccc(S(=O)(=O)Nc3ccncn3)cc2)CC1.[HH]. The molecular weight excluding hydrogens is 474 g/mol. The van der Waals surface area contributed by atoms with Gasteiger partial charge in [0.15, 0.2) is 0 Å². The molecule has 0 aliphatic carbocycles. The van der Waals surface area contributed by atoms with Gasteiger partial charge in [0.2, 0.25) is 5.91 Å². The van der Waals surface area contributed by atoms with Crippen molar-refractivity contribution in [1.29, 1.82) is 0 Å². The molecule has 1 N–H and O–H groups in total. The smallest absolute Gasteiger partial charge is 0.263 e. The molecular formula is C27H35N5O3S. The number of rotatable bonds is 8. The number of nitrogens with zero attached hydrogens (tertiary/aromatic N) is 4. The maximum Gasteiger partial charge on any atom is 0.263 e. The summed E-state index contributed by atoms with van der Waals surface area (Å²) < 4.78 is 27.8. The number of amides is 1. The van der Waals surface area contributed by atoms with E-state index >= 15 is 0 Å². The van der Waals surface area contributed by atoms with Crippen LogP contribution in [-0.2, 0) is 14.8 Å². The topological polar surface area (TPSA) is 95.5 Å². The highest BCUT2D eigenvalue weighted by Crippen LogP contribution is 2.29. The molecule has 2 aromatic carbocycles. The second kappa shape index (κ2) is 11.1. The molecule has 8 nitrogen and oxygen atoms in total. The number of anilines is 2. The molecule has 0 radical (unpaired) electrons. The number of aryl methyl sites for hydroxylation is 1. The molecule has 4 rings (SSSR count). The van der Waals surface area contributed by atoms with Gasteiger partial charge < -0.3 is 9.80 Å². The fourth-order valence-electron chi connectivity index (χ4n) is 4.60. The predicted octanol–water partition coefficient (Wildman–Crippen LogP) is 4.31. The molecule has 1 aliphatic rings. The van der Waals surface area contributed by atoms with E-state index in [-0.39, 0.29) is 24.0 Å². The Morgan fingerprint density at radius 3 is 2.33 bits per heavy atom. The molecule has 192 valence electrons. The molecule has 1 fully saturated rings. The lowest BCUT2D eigenvalue weighted by Gasteiger charge is -2.38. The van der Waals surface area contributed by atoms with Gasteiger partial charge in [0.25, 0.3) is 10.0 Å². The Morgan fingerprint density at radius 2 is 1.72 bits per heavy atom. The minimum atomic E-state index is -3.74. The average molecular weight is 510 g/mol. The van der Waals surface area contributed by atoms with Crippen LogP contribution in [-0.4, -0.2) is 55.4 Å². The maximum absolute atomic E-state index is 13.6. The third-order valence-corrected chi connectivity index (χ3v) is 7.86. The Morgan fingerprint density at radius 1 is 1.03 bits per heavy atom. The number of hydrogen-bond acceptors (Lipinski definition) is 6. The highest BCUT2D eigenvalue weighted by atomic mass is 32.2. The molecule has 0 spiro atoms. The van der Waals surface area contributed by atoms with Gasteiger partial charge in [-0.3, -0.25) is 9.52 Å². The first-order valence-electron chi connectivity index (χ1n) is 12.2. The van der Waals surface area contributed by atoms with Crippen molar-refractivity contribution in [2.45, 2.75) is 38.0 Å². The normalized spacial score (nSPS) is 15.1. The minimum absolute atomic E-state index is 0. The lowest BCUT2D eigenvalue weighted by Crippen LogP contribution is -2.50. The molecule has 1 amide bonds. The van der Waals surface area contributed by atoms with E-state index in [0.717, 1.165) is 23.2 Å². The zero-order valence-electron chi connectivity index (χ0n) is 21.0. The van der Waals surface area contributed by atoms with Crippen LogP contribution in [0.5, 0.6) is 0 Å². The summed E-state index contributed by atoms with van der Waals surface area (Å²) in [5.74, 6) is 0.689. The Balaban J connectivity index is 0.00000380. The van der Waals surface area contributed by atoms with E-state index in [4.69, 9.17) is 0 Å². The zero-order chi connectivity index (χ0) is 25.7. The zero-order valence-corrected chi connectivity index (χ0v) is 21.8. The first-order chi connectivity index (χ1) is 17.2. The fraction of sp³-hybridized carbons (Fsp3) is 0.370. The number of benzene rings is 2. The summed E-state index contributed by atoms with van der Waals surface area (Å²) in [7, 11) is -3.74. The Labute approximate surface area is 214 Å². The van der Waals surface area contributed by atoms with Crippen LogP contribution in [0.2, 0.25) is 0 Å². The van der Waals surface area contributed by atoms with Crippen LogP contribution in [0, 0.1) is 12.8 Å². The predicted molar refractivity (Wildman–Crippen MR) is 144 cm³/mol. The second-order valence-electron chi connectivity index (χ2n) is 9.55. The van der Waals surface area contributed by atoms with Crippen molar-refractivity contribution < 1.29 is 14.6 Å². The number of sulfonamides is 1. The van der Waals surface area contributed by atoms with Crippen LogP contribution in [0.25, 0.3) is 0 Å². The summed E-state index contributed by atoms with van der Waals surface area (Å²) in [4.78, 5) is 25.6. The number of carbonyl (C=O) groups is 1. The molecule has 2 heterocycles. The van der Waals surface area contributed by atoms with Crippen molar-refractivity contribution in [3.63, 3.8) is 0 Å². The third-order valence-electron chi connectivity index (χ3n) is 6.49. The van der Waals surface area contributed by atoms with Crippen LogP contribution in [0.1, 0.15) is 38.7 Å². The van der Waals surface area contributed by atoms with E-state index in [1.54, 1.807) is 24.3 Å². The monoisotopic (exact) mass is 509 g/mol. The van der Waals surface area contributed by atoms with Gasteiger partial charge in [-0.2, -0.15) is 0 Å². The lowest BCUT2D eigenvalue weighted by atomic mass is 9.86. The van der Waals surface area contributed by atoms with E-state index in [2.05, 4.69) is 52.5 Å². The highest BCUT2D eigenvalue weighted by molar-refractivity contribution is 7.92. The second-order valence-corrected chi connectivity index (χ2v) is 11.2. The molecule has 0 saturated carbocycles. The Hall–Kier alpha value is -3.46. The number of aromatic nitrogens is 2. The van der Waals surface area contributed by atoms with Crippen molar-refractivity contribution in [2.24, 2.45) is 5.92 Å². The van der Waals surface area contributed by atoms with Crippen molar-refractivity contribution in [3.8, 4) is 0 Å². The van der Waals surface area contributed by atoms with E-state index < -0.39 is 10.0 Å². The maximum atomic E-state index is 13.6. The standard InChI is InChI=1S/C27H33N5O3S.H2/c1-20(2)18-25(24-7-5-4-6-21(24)3)27(33)32-16-14-31(15-17-32)22-8-10-23(11-9-22)36(34,35)30-26-12-13-28-19-29-26;/h4-13,19-20,25H,14-18H2,1-3H3,(H,28,29,30);1H. The summed E-state index contributed by atoms with van der Waals surface area (Å²) in [5, 5.41) is 0. The van der Waals surface area contributed by atoms with Crippen molar-refractivity contribution in [3.05, 3.63) is 78.2 Å². The Bertz CT molecular complexity index is 1280. The summed E-state index contributed by atoms with van der Waals surface area (Å²) in [5.41, 5.74) is 3.20. The molecule has 1 atom stereocenters. The van der Waals surface area contributed by atoms with Crippen molar-refractivity contribution >= 4 is 27.4 Å². The first-order valence-corrected chi connectivity index (χ1v) is 13.7. The fourth-order valence-corrected chi connectivity index (χ4v) is 5.61. The van der Waals surface area contributed by atoms with Crippen LogP contribution >= 0.6 is 0 Å². The third kappa shape index (κ3) is 6.02. The molecule has 1 aliphatic heterocycles. The molecule has 1 saturated heterocycles. The summed E-state index contributed by atoms with van der Waals surface area (Å²) in [6.07, 6.45) is 3.59. The highest BCUT2D eigenvalue weighted by Gasteiger charge is 2.30. The van der Waals surface area contributed by atoms with Crippen LogP contribution < -0.4 is 9.62 Å². The van der Waals surface area contributed by atoms with Gasteiger partial charge in [0, 0.05) is 39.5 Å². The molecule has 36 heavy (non-hydrogen) atoms. The van der Waals surface area contributed by atoms with Gasteiger partial charge >= 0.3 is 0 Å². The number of hydrogen-bond donors (Lipinski definition) is 1. The molecule has 1 aromatic heterocycles. The van der Waals surface area contributed by atoms with E-state index in [0.29, 0.717) is 32.1 Å². The van der Waals surface area contributed by atoms with Gasteiger partial charge in [-0.25, -0.2) is 18.4 Å². The van der Waals surface area contributed by atoms with Crippen LogP contribution in [0.15, 0.2) is 72.0 Å². The lowest BCUT2D eigenvalue weighted by molar-refractivity contribution is -0.133. The van der Waals surface area contributed by atoms with Crippen molar-refractivity contribution in [1.82, 2.24) is 14.9 Å². The number of nitrogens with one attached hydrogen (secondary N) is 1. The van der Waals surface area contributed by atoms with Gasteiger partial charge in [0.1, 0.15) is 12.1 Å². The Kier molecular flexibility index (Phi) is 7.88. The summed E-state index contributed by atoms with van der Waals surface area (Å²) in [6.45, 7) is 9.04. The van der Waals surface area contributed by atoms with Gasteiger partial charge in [0.05, 0.1) is 10.8 Å². The summed E-state index contributed by atoms with van der Waals surface area (Å²) in [6, 6.07) is 16.5. The van der Waals surface area contributed by atoms with Crippen molar-refractivity contribution in [2.75, 3.05) is 35.8 Å². The molecule has 9 heteroatoms. The van der Waals surface area contributed by atoms with E-state index in [1.165, 1.54) is 18.6 Å². The van der Waals surface area contributed by atoms with Crippen LogP contribution in [0.3, 0.4) is 0 Å². The number of piperazine rings is 1. The van der Waals surface area contributed by atoms with Crippen LogP contribution in [0.4, 0.5) is 11.5 Å². The molecule has 1 unspecified atom stereocenters. The van der Waals surface area contributed by atoms with E-state index in [1.807, 2.05) is 17.0 Å². The van der Waals surface area contributed by atoms with Gasteiger partial charge in [-0.1, -0.05) is 38.1 Å². The first kappa shape index (κ1) is 25.6. The van der Waals surface area contributed by atoms with E-state index in [9.17, 15) is 13.2 Å². The number of carbonyl (C=O) groups excluding carboxylic acids is 1.